The standard InChI is InChI=1S/C21H21ClN4O2/c1-13-10-14(2)20(15(3)11-13)25-19(28)12-23-18(27)8-7-16-21(22)24-17-6-4-5-9-26(16)17/h4-11H,12H2,1-3H3,(H,23,27)(H,25,28)/b8-7+. The minimum atomic E-state index is -0.394. The fraction of sp³-hybridized carbons (Fsp3) is 0.190. The van der Waals surface area contributed by atoms with Gasteiger partial charge in [-0.1, -0.05) is 35.4 Å². The van der Waals surface area contributed by atoms with Crippen LogP contribution in [0.3, 0.4) is 0 Å². The maximum Gasteiger partial charge on any atom is 0.244 e. The average Bonchev–Trinajstić information content (AvgIpc) is 2.96. The number of nitrogens with one attached hydrogen (secondary N) is 2. The number of carbonyl (C=O) groups excluding carboxylic acids is 2. The van der Waals surface area contributed by atoms with E-state index in [4.69, 9.17) is 11.6 Å². The third-order valence-electron chi connectivity index (χ3n) is 4.28. The summed E-state index contributed by atoms with van der Waals surface area (Å²) in [5.74, 6) is -0.681. The van der Waals surface area contributed by atoms with E-state index >= 15 is 0 Å². The van der Waals surface area contributed by atoms with Gasteiger partial charge in [0.25, 0.3) is 0 Å². The van der Waals surface area contributed by atoms with Crippen LogP contribution in [0.2, 0.25) is 5.15 Å². The number of amides is 2. The molecule has 0 unspecified atom stereocenters. The summed E-state index contributed by atoms with van der Waals surface area (Å²) < 4.78 is 1.78. The first kappa shape index (κ1) is 19.6. The zero-order valence-corrected chi connectivity index (χ0v) is 16.7. The van der Waals surface area contributed by atoms with E-state index in [1.54, 1.807) is 10.5 Å². The molecule has 6 nitrogen and oxygen atoms in total. The maximum absolute atomic E-state index is 12.2. The number of hydrogen-bond donors (Lipinski definition) is 2. The van der Waals surface area contributed by atoms with Crippen molar-refractivity contribution >= 4 is 40.8 Å². The number of pyridine rings is 1. The Hall–Kier alpha value is -3.12. The summed E-state index contributed by atoms with van der Waals surface area (Å²) in [4.78, 5) is 28.5. The molecule has 2 N–H and O–H groups in total. The first-order chi connectivity index (χ1) is 13.3. The molecule has 2 heterocycles. The number of benzene rings is 1. The Kier molecular flexibility index (Phi) is 5.80. The van der Waals surface area contributed by atoms with Crippen LogP contribution in [0.5, 0.6) is 0 Å². The number of hydrogen-bond acceptors (Lipinski definition) is 3. The van der Waals surface area contributed by atoms with Gasteiger partial charge in [0.2, 0.25) is 11.8 Å². The SMILES string of the molecule is Cc1cc(C)c(NC(=O)CNC(=O)/C=C/c2c(Cl)nc3ccccn23)c(C)c1. The molecule has 2 amide bonds. The van der Waals surface area contributed by atoms with Gasteiger partial charge in [0, 0.05) is 18.0 Å². The minimum Gasteiger partial charge on any atom is -0.343 e. The van der Waals surface area contributed by atoms with Gasteiger partial charge in [-0.3, -0.25) is 14.0 Å². The first-order valence-electron chi connectivity index (χ1n) is 8.81. The molecule has 0 bridgehead atoms. The number of halogens is 1. The number of aromatic nitrogens is 2. The van der Waals surface area contributed by atoms with E-state index in [-0.39, 0.29) is 12.5 Å². The lowest BCUT2D eigenvalue weighted by molar-refractivity contribution is -0.121. The highest BCUT2D eigenvalue weighted by molar-refractivity contribution is 6.31. The molecular formula is C21H21ClN4O2. The molecule has 0 aliphatic rings. The molecule has 2 aromatic heterocycles. The van der Waals surface area contributed by atoms with Crippen LogP contribution in [0.25, 0.3) is 11.7 Å². The van der Waals surface area contributed by atoms with Gasteiger partial charge in [-0.2, -0.15) is 0 Å². The second kappa shape index (κ2) is 8.27. The number of imidazole rings is 1. The normalized spacial score (nSPS) is 11.1. The van der Waals surface area contributed by atoms with Gasteiger partial charge in [-0.25, -0.2) is 4.98 Å². The monoisotopic (exact) mass is 396 g/mol. The van der Waals surface area contributed by atoms with E-state index in [2.05, 4.69) is 15.6 Å². The maximum atomic E-state index is 12.2. The molecule has 3 rings (SSSR count). The van der Waals surface area contributed by atoms with Crippen molar-refractivity contribution in [2.75, 3.05) is 11.9 Å². The van der Waals surface area contributed by atoms with Crippen molar-refractivity contribution in [3.8, 4) is 0 Å². The molecule has 1 aromatic carbocycles. The quantitative estimate of drug-likeness (QED) is 0.646. The Balaban J connectivity index is 1.60. The van der Waals surface area contributed by atoms with Gasteiger partial charge in [0.1, 0.15) is 5.65 Å². The highest BCUT2D eigenvalue weighted by atomic mass is 35.5. The lowest BCUT2D eigenvalue weighted by Gasteiger charge is -2.13. The van der Waals surface area contributed by atoms with Crippen LogP contribution < -0.4 is 10.6 Å². The summed E-state index contributed by atoms with van der Waals surface area (Å²) in [5.41, 5.74) is 5.17. The molecule has 0 fully saturated rings. The third kappa shape index (κ3) is 4.40. The summed E-state index contributed by atoms with van der Waals surface area (Å²) in [7, 11) is 0. The predicted octanol–water partition coefficient (Wildman–Crippen LogP) is 3.68. The zero-order valence-electron chi connectivity index (χ0n) is 15.9. The van der Waals surface area contributed by atoms with Crippen molar-refractivity contribution in [1.29, 1.82) is 0 Å². The van der Waals surface area contributed by atoms with E-state index in [1.165, 1.54) is 6.08 Å². The molecule has 0 saturated heterocycles. The summed E-state index contributed by atoms with van der Waals surface area (Å²) in [5, 5.41) is 5.73. The Bertz CT molecular complexity index is 1060. The average molecular weight is 397 g/mol. The molecule has 0 aliphatic heterocycles. The van der Waals surface area contributed by atoms with Crippen molar-refractivity contribution in [2.45, 2.75) is 20.8 Å². The molecule has 0 atom stereocenters. The topological polar surface area (TPSA) is 75.5 Å². The molecule has 0 saturated carbocycles. The van der Waals surface area contributed by atoms with Crippen molar-refractivity contribution in [1.82, 2.24) is 14.7 Å². The molecule has 7 heteroatoms. The lowest BCUT2D eigenvalue weighted by Crippen LogP contribution is -2.32. The van der Waals surface area contributed by atoms with Gasteiger partial charge in [-0.15, -0.1) is 0 Å². The Labute approximate surface area is 168 Å². The number of nitrogens with zero attached hydrogens (tertiary/aromatic N) is 2. The Morgan fingerprint density at radius 2 is 1.89 bits per heavy atom. The van der Waals surface area contributed by atoms with Gasteiger partial charge in [0.15, 0.2) is 5.15 Å². The van der Waals surface area contributed by atoms with Crippen LogP contribution in [0, 0.1) is 20.8 Å². The largest absolute Gasteiger partial charge is 0.343 e. The summed E-state index contributed by atoms with van der Waals surface area (Å²) in [6.07, 6.45) is 4.72. The van der Waals surface area contributed by atoms with E-state index in [1.807, 2.05) is 57.3 Å². The molecule has 28 heavy (non-hydrogen) atoms. The summed E-state index contributed by atoms with van der Waals surface area (Å²) in [6, 6.07) is 9.53. The third-order valence-corrected chi connectivity index (χ3v) is 4.56. The Morgan fingerprint density at radius 1 is 1.18 bits per heavy atom. The first-order valence-corrected chi connectivity index (χ1v) is 9.19. The summed E-state index contributed by atoms with van der Waals surface area (Å²) >= 11 is 6.13. The van der Waals surface area contributed by atoms with Gasteiger partial charge >= 0.3 is 0 Å². The Morgan fingerprint density at radius 3 is 2.61 bits per heavy atom. The number of rotatable bonds is 5. The van der Waals surface area contributed by atoms with Crippen LogP contribution in [0.15, 0.2) is 42.6 Å². The fourth-order valence-corrected chi connectivity index (χ4v) is 3.32. The molecular weight excluding hydrogens is 376 g/mol. The van der Waals surface area contributed by atoms with E-state index in [9.17, 15) is 9.59 Å². The van der Waals surface area contributed by atoms with Gasteiger partial charge in [0.05, 0.1) is 12.2 Å². The fourth-order valence-electron chi connectivity index (χ4n) is 3.08. The molecule has 144 valence electrons. The van der Waals surface area contributed by atoms with Crippen LogP contribution in [-0.4, -0.2) is 27.7 Å². The van der Waals surface area contributed by atoms with Crippen LogP contribution in [0.4, 0.5) is 5.69 Å². The second-order valence-electron chi connectivity index (χ2n) is 6.59. The number of aryl methyl sites for hydroxylation is 3. The highest BCUT2D eigenvalue weighted by Crippen LogP contribution is 2.21. The van der Waals surface area contributed by atoms with Gasteiger partial charge in [-0.05, 0) is 50.1 Å². The predicted molar refractivity (Wildman–Crippen MR) is 112 cm³/mol. The summed E-state index contributed by atoms with van der Waals surface area (Å²) in [6.45, 7) is 5.76. The van der Waals surface area contributed by atoms with Crippen LogP contribution in [-0.2, 0) is 9.59 Å². The van der Waals surface area contributed by atoms with Crippen LogP contribution in [0.1, 0.15) is 22.4 Å². The number of fused-ring (bicyclic) bond motifs is 1. The highest BCUT2D eigenvalue weighted by Gasteiger charge is 2.10. The smallest absolute Gasteiger partial charge is 0.244 e. The van der Waals surface area contributed by atoms with Crippen molar-refractivity contribution in [3.05, 3.63) is 70.1 Å². The zero-order chi connectivity index (χ0) is 20.3. The molecule has 0 spiro atoms. The molecule has 0 aliphatic carbocycles. The lowest BCUT2D eigenvalue weighted by atomic mass is 10.1. The van der Waals surface area contributed by atoms with Crippen molar-refractivity contribution < 1.29 is 9.59 Å². The molecule has 0 radical (unpaired) electrons. The van der Waals surface area contributed by atoms with Crippen molar-refractivity contribution in [2.24, 2.45) is 0 Å². The molecule has 3 aromatic rings. The second-order valence-corrected chi connectivity index (χ2v) is 6.95. The van der Waals surface area contributed by atoms with E-state index < -0.39 is 5.91 Å². The van der Waals surface area contributed by atoms with E-state index in [0.29, 0.717) is 16.5 Å². The van der Waals surface area contributed by atoms with Crippen molar-refractivity contribution in [3.63, 3.8) is 0 Å². The number of carbonyl (C=O) groups is 2. The number of anilines is 1. The minimum absolute atomic E-state index is 0.128. The van der Waals surface area contributed by atoms with E-state index in [0.717, 1.165) is 22.4 Å². The van der Waals surface area contributed by atoms with Crippen LogP contribution >= 0.6 is 11.6 Å². The van der Waals surface area contributed by atoms with Gasteiger partial charge < -0.3 is 10.6 Å².